The number of rotatable bonds is 3. The molecule has 0 radical (unpaired) electrons. The lowest BCUT2D eigenvalue weighted by Crippen LogP contribution is -2.09. The molecule has 0 amide bonds. The Bertz CT molecular complexity index is 374. The number of aromatic nitrogens is 1. The fraction of sp³-hybridized carbons (Fsp3) is 0.111. The molecule has 0 fully saturated rings. The monoisotopic (exact) mass is 194 g/mol. The van der Waals surface area contributed by atoms with Crippen LogP contribution in [0.4, 0.5) is 0 Å². The van der Waals surface area contributed by atoms with E-state index in [1.165, 1.54) is 25.6 Å². The van der Waals surface area contributed by atoms with Gasteiger partial charge in [0.2, 0.25) is 0 Å². The van der Waals surface area contributed by atoms with Crippen molar-refractivity contribution in [3.05, 3.63) is 29.7 Å². The van der Waals surface area contributed by atoms with Gasteiger partial charge in [0.25, 0.3) is 0 Å². The number of aliphatic carboxylic acids is 1. The van der Waals surface area contributed by atoms with Crippen LogP contribution in [-0.2, 0) is 4.79 Å². The van der Waals surface area contributed by atoms with Crippen LogP contribution in [0, 0.1) is 0 Å². The lowest BCUT2D eigenvalue weighted by Gasteiger charge is -1.99. The van der Waals surface area contributed by atoms with E-state index in [1.54, 1.807) is 6.07 Å². The smallest absolute Gasteiger partial charge is 0.351 e. The molecule has 1 aromatic rings. The summed E-state index contributed by atoms with van der Waals surface area (Å²) in [6.07, 6.45) is 4.34. The number of nitrogens with two attached hydrogens (primary N) is 1. The predicted molar refractivity (Wildman–Crippen MR) is 50.6 cm³/mol. The van der Waals surface area contributed by atoms with E-state index in [1.807, 2.05) is 0 Å². The van der Waals surface area contributed by atoms with Crippen molar-refractivity contribution in [2.75, 3.05) is 7.11 Å². The number of ether oxygens (including phenoxy) is 1. The second-order valence-electron chi connectivity index (χ2n) is 2.56. The molecule has 0 aliphatic carbocycles. The summed E-state index contributed by atoms with van der Waals surface area (Å²) < 4.78 is 4.92. The molecule has 3 N–H and O–H groups in total. The van der Waals surface area contributed by atoms with E-state index in [0.717, 1.165) is 0 Å². The molecule has 0 atom stereocenters. The number of hydrogen-bond donors (Lipinski definition) is 2. The third-order valence-corrected chi connectivity index (χ3v) is 1.54. The number of carboxylic acids is 1. The maximum absolute atomic E-state index is 10.4. The van der Waals surface area contributed by atoms with Gasteiger partial charge in [-0.05, 0) is 17.7 Å². The van der Waals surface area contributed by atoms with Crippen LogP contribution in [0.15, 0.2) is 24.2 Å². The van der Waals surface area contributed by atoms with Crippen molar-refractivity contribution < 1.29 is 14.6 Å². The highest BCUT2D eigenvalue weighted by atomic mass is 16.5. The van der Waals surface area contributed by atoms with Gasteiger partial charge in [0.15, 0.2) is 0 Å². The van der Waals surface area contributed by atoms with Crippen LogP contribution in [0.5, 0.6) is 5.75 Å². The molecular formula is C9H10N2O3. The van der Waals surface area contributed by atoms with E-state index in [4.69, 9.17) is 15.6 Å². The standard InChI is InChI=1S/C9H10N2O3/c1-14-7-2-6(4-11-5-7)3-8(10)9(12)13/h2-5H,10H2,1H3,(H,12,13)/b8-3+. The molecule has 0 aliphatic rings. The summed E-state index contributed by atoms with van der Waals surface area (Å²) >= 11 is 0. The van der Waals surface area contributed by atoms with Gasteiger partial charge < -0.3 is 15.6 Å². The summed E-state index contributed by atoms with van der Waals surface area (Å²) in [6, 6.07) is 1.64. The zero-order valence-corrected chi connectivity index (χ0v) is 7.60. The van der Waals surface area contributed by atoms with Gasteiger partial charge in [0, 0.05) is 6.20 Å². The number of methoxy groups -OCH3 is 1. The Morgan fingerprint density at radius 2 is 2.36 bits per heavy atom. The molecule has 0 aliphatic heterocycles. The Kier molecular flexibility index (Phi) is 3.06. The normalized spacial score (nSPS) is 11.1. The van der Waals surface area contributed by atoms with Crippen molar-refractivity contribution in [1.29, 1.82) is 0 Å². The van der Waals surface area contributed by atoms with Gasteiger partial charge in [-0.15, -0.1) is 0 Å². The maximum atomic E-state index is 10.4. The minimum atomic E-state index is -1.16. The van der Waals surface area contributed by atoms with E-state index in [9.17, 15) is 4.79 Å². The van der Waals surface area contributed by atoms with Crippen molar-refractivity contribution in [2.45, 2.75) is 0 Å². The SMILES string of the molecule is COc1cncc(/C=C(/N)C(=O)O)c1. The second kappa shape index (κ2) is 4.27. The number of carbonyl (C=O) groups is 1. The molecule has 0 spiro atoms. The van der Waals surface area contributed by atoms with Crippen LogP contribution in [0.1, 0.15) is 5.56 Å². The van der Waals surface area contributed by atoms with Gasteiger partial charge in [-0.1, -0.05) is 0 Å². The summed E-state index contributed by atoms with van der Waals surface area (Å²) in [5.41, 5.74) is 5.58. The third kappa shape index (κ3) is 2.48. The van der Waals surface area contributed by atoms with Gasteiger partial charge in [0.05, 0.1) is 13.3 Å². The van der Waals surface area contributed by atoms with Crippen LogP contribution in [0.25, 0.3) is 6.08 Å². The van der Waals surface area contributed by atoms with Crippen molar-refractivity contribution in [3.63, 3.8) is 0 Å². The molecule has 14 heavy (non-hydrogen) atoms. The van der Waals surface area contributed by atoms with E-state index < -0.39 is 5.97 Å². The fourth-order valence-corrected chi connectivity index (χ4v) is 0.867. The highest BCUT2D eigenvalue weighted by Gasteiger charge is 2.01. The average Bonchev–Trinajstić information content (AvgIpc) is 2.18. The van der Waals surface area contributed by atoms with E-state index in [2.05, 4.69) is 4.98 Å². The Morgan fingerprint density at radius 1 is 1.64 bits per heavy atom. The molecule has 1 aromatic heterocycles. The topological polar surface area (TPSA) is 85.4 Å². The minimum absolute atomic E-state index is 0.236. The molecule has 5 nitrogen and oxygen atoms in total. The van der Waals surface area contributed by atoms with Gasteiger partial charge in [-0.25, -0.2) is 4.79 Å². The largest absolute Gasteiger partial charge is 0.495 e. The first kappa shape index (κ1) is 10.0. The Morgan fingerprint density at radius 3 is 2.93 bits per heavy atom. The van der Waals surface area contributed by atoms with Crippen molar-refractivity contribution in [1.82, 2.24) is 4.98 Å². The Hall–Kier alpha value is -2.04. The molecule has 0 aromatic carbocycles. The maximum Gasteiger partial charge on any atom is 0.351 e. The molecule has 74 valence electrons. The number of nitrogens with zero attached hydrogens (tertiary/aromatic N) is 1. The molecule has 1 rings (SSSR count). The van der Waals surface area contributed by atoms with E-state index >= 15 is 0 Å². The van der Waals surface area contributed by atoms with E-state index in [-0.39, 0.29) is 5.70 Å². The van der Waals surface area contributed by atoms with Gasteiger partial charge in [-0.2, -0.15) is 0 Å². The van der Waals surface area contributed by atoms with E-state index in [0.29, 0.717) is 11.3 Å². The summed E-state index contributed by atoms with van der Waals surface area (Å²) in [5, 5.41) is 8.52. The minimum Gasteiger partial charge on any atom is -0.495 e. The number of pyridine rings is 1. The third-order valence-electron chi connectivity index (χ3n) is 1.54. The first-order valence-electron chi connectivity index (χ1n) is 3.83. The summed E-state index contributed by atoms with van der Waals surface area (Å²) in [6.45, 7) is 0. The van der Waals surface area contributed by atoms with Gasteiger partial charge in [0.1, 0.15) is 11.4 Å². The molecule has 0 saturated carbocycles. The molecule has 1 heterocycles. The van der Waals surface area contributed by atoms with Crippen molar-refractivity contribution in [3.8, 4) is 5.75 Å². The van der Waals surface area contributed by atoms with Crippen molar-refractivity contribution in [2.24, 2.45) is 5.73 Å². The molecule has 0 bridgehead atoms. The Balaban J connectivity index is 2.97. The highest BCUT2D eigenvalue weighted by Crippen LogP contribution is 2.12. The summed E-state index contributed by atoms with van der Waals surface area (Å²) in [5.74, 6) is -0.607. The van der Waals surface area contributed by atoms with Gasteiger partial charge >= 0.3 is 5.97 Å². The summed E-state index contributed by atoms with van der Waals surface area (Å²) in [7, 11) is 1.51. The average molecular weight is 194 g/mol. The number of hydrogen-bond acceptors (Lipinski definition) is 4. The highest BCUT2D eigenvalue weighted by molar-refractivity contribution is 5.90. The second-order valence-corrected chi connectivity index (χ2v) is 2.56. The lowest BCUT2D eigenvalue weighted by atomic mass is 10.2. The first-order chi connectivity index (χ1) is 6.63. The van der Waals surface area contributed by atoms with Crippen LogP contribution in [0.2, 0.25) is 0 Å². The molecule has 5 heteroatoms. The molecule has 0 unspecified atom stereocenters. The Labute approximate surface area is 80.8 Å². The quantitative estimate of drug-likeness (QED) is 0.683. The van der Waals surface area contributed by atoms with Crippen LogP contribution in [0.3, 0.4) is 0 Å². The van der Waals surface area contributed by atoms with Crippen molar-refractivity contribution >= 4 is 12.0 Å². The zero-order chi connectivity index (χ0) is 10.6. The number of carboxylic acid groups (broad SMARTS) is 1. The summed E-state index contributed by atoms with van der Waals surface area (Å²) in [4.78, 5) is 14.3. The zero-order valence-electron chi connectivity index (χ0n) is 7.60. The molecular weight excluding hydrogens is 184 g/mol. The fourth-order valence-electron chi connectivity index (χ4n) is 0.867. The van der Waals surface area contributed by atoms with Crippen LogP contribution in [-0.4, -0.2) is 23.2 Å². The molecule has 0 saturated heterocycles. The predicted octanol–water partition coefficient (Wildman–Crippen LogP) is 0.474. The van der Waals surface area contributed by atoms with Gasteiger partial charge in [-0.3, -0.25) is 4.98 Å². The first-order valence-corrected chi connectivity index (χ1v) is 3.83. The lowest BCUT2D eigenvalue weighted by molar-refractivity contribution is -0.132. The van der Waals surface area contributed by atoms with Crippen LogP contribution < -0.4 is 10.5 Å². The van der Waals surface area contributed by atoms with Crippen LogP contribution >= 0.6 is 0 Å².